The first kappa shape index (κ1) is 12.9. The van der Waals surface area contributed by atoms with Gasteiger partial charge in [-0.1, -0.05) is 0 Å². The minimum absolute atomic E-state index is 0.283. The number of thiophene rings is 1. The lowest BCUT2D eigenvalue weighted by Crippen LogP contribution is -2.17. The minimum Gasteiger partial charge on any atom is -0.267 e. The van der Waals surface area contributed by atoms with E-state index in [1.54, 1.807) is 29.8 Å². The van der Waals surface area contributed by atoms with Crippen LogP contribution in [0.15, 0.2) is 39.5 Å². The van der Waals surface area contributed by atoms with Gasteiger partial charge in [0.2, 0.25) is 0 Å². The normalized spacial score (nSPS) is 10.8. The monoisotopic (exact) mass is 323 g/mol. The van der Waals surface area contributed by atoms with Crippen molar-refractivity contribution in [1.29, 1.82) is 0 Å². The summed E-state index contributed by atoms with van der Waals surface area (Å²) in [5, 5.41) is 5.91. The molecule has 1 amide bonds. The zero-order valence-corrected chi connectivity index (χ0v) is 12.0. The van der Waals surface area contributed by atoms with Crippen LogP contribution in [0, 0.1) is 6.92 Å². The smallest absolute Gasteiger partial charge is 0.267 e. The molecule has 0 fully saturated rings. The molecule has 6 heteroatoms. The molecule has 0 aliphatic rings. The van der Waals surface area contributed by atoms with Crippen molar-refractivity contribution in [3.8, 4) is 0 Å². The molecule has 2 heterocycles. The number of rotatable bonds is 3. The second-order valence-corrected chi connectivity index (χ2v) is 5.42. The number of carbonyl (C=O) groups excluding carboxylic acids is 1. The number of hydrogen-bond acceptors (Lipinski definition) is 4. The third-order valence-corrected chi connectivity index (χ3v) is 3.60. The zero-order chi connectivity index (χ0) is 13.0. The Morgan fingerprint density at radius 2 is 2.39 bits per heavy atom. The van der Waals surface area contributed by atoms with Crippen molar-refractivity contribution in [1.82, 2.24) is 10.4 Å². The van der Waals surface area contributed by atoms with E-state index < -0.39 is 0 Å². The summed E-state index contributed by atoms with van der Waals surface area (Å²) in [6.45, 7) is 2.00. The van der Waals surface area contributed by atoms with Crippen molar-refractivity contribution in [2.24, 2.45) is 5.10 Å². The molecule has 2 aromatic rings. The number of pyridine rings is 1. The first-order valence-corrected chi connectivity index (χ1v) is 6.82. The Bertz CT molecular complexity index is 595. The molecule has 1 N–H and O–H groups in total. The van der Waals surface area contributed by atoms with E-state index in [1.165, 1.54) is 6.20 Å². The number of amides is 1. The Labute approximate surface area is 117 Å². The van der Waals surface area contributed by atoms with Gasteiger partial charge in [0.15, 0.2) is 0 Å². The molecule has 0 bridgehead atoms. The molecule has 92 valence electrons. The lowest BCUT2D eigenvalue weighted by molar-refractivity contribution is 0.0954. The maximum Gasteiger partial charge on any atom is 0.272 e. The van der Waals surface area contributed by atoms with Crippen LogP contribution in [0.3, 0.4) is 0 Å². The quantitative estimate of drug-likeness (QED) is 0.697. The third-order valence-electron chi connectivity index (χ3n) is 2.22. The number of halogens is 1. The van der Waals surface area contributed by atoms with Crippen LogP contribution in [0.2, 0.25) is 0 Å². The molecular weight excluding hydrogens is 314 g/mol. The fourth-order valence-corrected chi connectivity index (χ4v) is 2.42. The highest BCUT2D eigenvalue weighted by Gasteiger charge is 2.04. The molecule has 2 rings (SSSR count). The van der Waals surface area contributed by atoms with Crippen molar-refractivity contribution in [3.63, 3.8) is 0 Å². The highest BCUT2D eigenvalue weighted by molar-refractivity contribution is 9.10. The molecule has 0 atom stereocenters. The standard InChI is InChI=1S/C12H10BrN3OS/c1-8-2-3-18-11(8)7-15-16-12(17)9-4-10(13)6-14-5-9/h2-7H,1H3,(H,16,17)/b15-7+. The summed E-state index contributed by atoms with van der Waals surface area (Å²) in [6.07, 6.45) is 4.75. The summed E-state index contributed by atoms with van der Waals surface area (Å²) in [5.74, 6) is -0.283. The van der Waals surface area contributed by atoms with Gasteiger partial charge in [-0.2, -0.15) is 5.10 Å². The van der Waals surface area contributed by atoms with Gasteiger partial charge in [-0.3, -0.25) is 9.78 Å². The van der Waals surface area contributed by atoms with Gasteiger partial charge >= 0.3 is 0 Å². The molecule has 0 spiro atoms. The highest BCUT2D eigenvalue weighted by Crippen LogP contribution is 2.12. The first-order valence-electron chi connectivity index (χ1n) is 5.15. The molecule has 4 nitrogen and oxygen atoms in total. The van der Waals surface area contributed by atoms with Crippen molar-refractivity contribution < 1.29 is 4.79 Å². The van der Waals surface area contributed by atoms with Crippen LogP contribution in [0.5, 0.6) is 0 Å². The number of aryl methyl sites for hydroxylation is 1. The number of nitrogens with zero attached hydrogens (tertiary/aromatic N) is 2. The first-order chi connectivity index (χ1) is 8.66. The average Bonchev–Trinajstić information content (AvgIpc) is 2.75. The van der Waals surface area contributed by atoms with Crippen LogP contribution in [0.25, 0.3) is 0 Å². The summed E-state index contributed by atoms with van der Waals surface area (Å²) < 4.78 is 0.758. The number of hydrazone groups is 1. The van der Waals surface area contributed by atoms with Gasteiger partial charge in [0, 0.05) is 21.7 Å². The van der Waals surface area contributed by atoms with Crippen LogP contribution in [0.4, 0.5) is 0 Å². The largest absolute Gasteiger partial charge is 0.272 e. The average molecular weight is 324 g/mol. The topological polar surface area (TPSA) is 54.4 Å². The van der Waals surface area contributed by atoms with E-state index in [-0.39, 0.29) is 5.91 Å². The van der Waals surface area contributed by atoms with Crippen LogP contribution in [-0.2, 0) is 0 Å². The Balaban J connectivity index is 2.01. The minimum atomic E-state index is -0.283. The zero-order valence-electron chi connectivity index (χ0n) is 9.55. The predicted octanol–water partition coefficient (Wildman–Crippen LogP) is 2.98. The fourth-order valence-electron chi connectivity index (χ4n) is 1.27. The molecule has 0 aliphatic carbocycles. The van der Waals surface area contributed by atoms with Crippen molar-refractivity contribution in [2.75, 3.05) is 0 Å². The molecule has 0 unspecified atom stereocenters. The van der Waals surface area contributed by atoms with Gasteiger partial charge in [-0.15, -0.1) is 11.3 Å². The van der Waals surface area contributed by atoms with Crippen LogP contribution in [-0.4, -0.2) is 17.1 Å². The van der Waals surface area contributed by atoms with Crippen LogP contribution < -0.4 is 5.43 Å². The summed E-state index contributed by atoms with van der Waals surface area (Å²) in [4.78, 5) is 16.7. The molecule has 18 heavy (non-hydrogen) atoms. The molecule has 0 saturated carbocycles. The maximum atomic E-state index is 11.7. The molecular formula is C12H10BrN3OS. The Hall–Kier alpha value is -1.53. The summed E-state index contributed by atoms with van der Waals surface area (Å²) >= 11 is 4.84. The van der Waals surface area contributed by atoms with Crippen molar-refractivity contribution >= 4 is 39.4 Å². The van der Waals surface area contributed by atoms with E-state index in [4.69, 9.17) is 0 Å². The van der Waals surface area contributed by atoms with Crippen molar-refractivity contribution in [2.45, 2.75) is 6.92 Å². The van der Waals surface area contributed by atoms with Gasteiger partial charge in [-0.25, -0.2) is 5.43 Å². The Morgan fingerprint density at radius 3 is 3.06 bits per heavy atom. The third kappa shape index (κ3) is 3.24. The maximum absolute atomic E-state index is 11.7. The van der Waals surface area contributed by atoms with E-state index in [9.17, 15) is 4.79 Å². The molecule has 0 saturated heterocycles. The number of aromatic nitrogens is 1. The number of carbonyl (C=O) groups is 1. The fraction of sp³-hybridized carbons (Fsp3) is 0.0833. The number of hydrogen-bond donors (Lipinski definition) is 1. The second-order valence-electron chi connectivity index (χ2n) is 3.56. The van der Waals surface area contributed by atoms with Gasteiger partial charge in [0.25, 0.3) is 5.91 Å². The predicted molar refractivity (Wildman–Crippen MR) is 76.1 cm³/mol. The lowest BCUT2D eigenvalue weighted by atomic mass is 10.3. The summed E-state index contributed by atoms with van der Waals surface area (Å²) in [6, 6.07) is 3.69. The molecule has 0 radical (unpaired) electrons. The Kier molecular flexibility index (Phi) is 4.22. The van der Waals surface area contributed by atoms with E-state index in [0.717, 1.165) is 14.9 Å². The van der Waals surface area contributed by atoms with E-state index in [1.807, 2.05) is 18.4 Å². The summed E-state index contributed by atoms with van der Waals surface area (Å²) in [5.41, 5.74) is 4.07. The van der Waals surface area contributed by atoms with Gasteiger partial charge in [0.1, 0.15) is 0 Å². The molecule has 2 aromatic heterocycles. The molecule has 0 aliphatic heterocycles. The van der Waals surface area contributed by atoms with E-state index in [2.05, 4.69) is 31.4 Å². The van der Waals surface area contributed by atoms with Gasteiger partial charge in [-0.05, 0) is 45.9 Å². The van der Waals surface area contributed by atoms with E-state index in [0.29, 0.717) is 5.56 Å². The lowest BCUT2D eigenvalue weighted by Gasteiger charge is -1.99. The SMILES string of the molecule is Cc1ccsc1/C=N/NC(=O)c1cncc(Br)c1. The Morgan fingerprint density at radius 1 is 1.56 bits per heavy atom. The number of nitrogens with one attached hydrogen (secondary N) is 1. The second kappa shape index (κ2) is 5.88. The van der Waals surface area contributed by atoms with Crippen LogP contribution in [0.1, 0.15) is 20.8 Å². The highest BCUT2D eigenvalue weighted by atomic mass is 79.9. The van der Waals surface area contributed by atoms with Crippen LogP contribution >= 0.6 is 27.3 Å². The van der Waals surface area contributed by atoms with Gasteiger partial charge in [0.05, 0.1) is 11.8 Å². The summed E-state index contributed by atoms with van der Waals surface area (Å²) in [7, 11) is 0. The van der Waals surface area contributed by atoms with Crippen molar-refractivity contribution in [3.05, 3.63) is 50.4 Å². The van der Waals surface area contributed by atoms with E-state index >= 15 is 0 Å². The molecule has 0 aromatic carbocycles. The van der Waals surface area contributed by atoms with Gasteiger partial charge < -0.3 is 0 Å².